The van der Waals surface area contributed by atoms with Gasteiger partial charge in [-0.3, -0.25) is 19.3 Å². The molecule has 0 saturated carbocycles. The van der Waals surface area contributed by atoms with E-state index in [4.69, 9.17) is 0 Å². The molecule has 2 fully saturated rings. The number of carbonyl (C=O) groups excluding carboxylic acids is 2. The second-order valence-corrected chi connectivity index (χ2v) is 13.8. The average Bonchev–Trinajstić information content (AvgIpc) is 2.72. The number of ketones is 1. The third-order valence-corrected chi connectivity index (χ3v) is 8.23. The van der Waals surface area contributed by atoms with Crippen LogP contribution in [-0.2, 0) is 29.6 Å². The number of Topliss-reactive ketones (excluding diaryl/α,β-unsaturated/α-hetero) is 1. The van der Waals surface area contributed by atoms with Gasteiger partial charge in [-0.05, 0) is 42.9 Å². The lowest BCUT2D eigenvalue weighted by atomic mass is 9.86. The summed E-state index contributed by atoms with van der Waals surface area (Å²) in [6.07, 6.45) is 3.97. The van der Waals surface area contributed by atoms with Crippen LogP contribution in [0.25, 0.3) is 0 Å². The summed E-state index contributed by atoms with van der Waals surface area (Å²) in [7, 11) is -7.91. The van der Waals surface area contributed by atoms with Crippen molar-refractivity contribution in [2.45, 2.75) is 57.4 Å². The summed E-state index contributed by atoms with van der Waals surface area (Å²) in [4.78, 5) is 26.8. The minimum absolute atomic E-state index is 0.0386. The monoisotopic (exact) mass is 525 g/mol. The Morgan fingerprint density at radius 3 is 2.57 bits per heavy atom. The van der Waals surface area contributed by atoms with Crippen LogP contribution in [0.1, 0.15) is 46.5 Å². The summed E-state index contributed by atoms with van der Waals surface area (Å²) in [5.41, 5.74) is 0.150. The lowest BCUT2D eigenvalue weighted by Crippen LogP contribution is -2.66. The van der Waals surface area contributed by atoms with Crippen molar-refractivity contribution in [2.24, 2.45) is 15.7 Å². The zero-order valence-corrected chi connectivity index (χ0v) is 21.9. The van der Waals surface area contributed by atoms with Crippen LogP contribution in [0.2, 0.25) is 0 Å². The molecule has 3 aliphatic heterocycles. The first-order valence-corrected chi connectivity index (χ1v) is 14.8. The van der Waals surface area contributed by atoms with Crippen LogP contribution in [0.15, 0.2) is 27.5 Å². The van der Waals surface area contributed by atoms with Crippen molar-refractivity contribution in [3.05, 3.63) is 18.2 Å². The average molecular weight is 526 g/mol. The minimum Gasteiger partial charge on any atom is -0.341 e. The van der Waals surface area contributed by atoms with E-state index in [0.717, 1.165) is 25.2 Å². The fourth-order valence-corrected chi connectivity index (χ4v) is 6.33. The molecule has 2 saturated heterocycles. The van der Waals surface area contributed by atoms with E-state index in [9.17, 15) is 26.4 Å². The number of nitrogens with zero attached hydrogens (tertiary/aromatic N) is 3. The van der Waals surface area contributed by atoms with Crippen LogP contribution in [0, 0.1) is 11.3 Å². The van der Waals surface area contributed by atoms with Gasteiger partial charge in [-0.1, -0.05) is 27.2 Å². The van der Waals surface area contributed by atoms with Crippen molar-refractivity contribution in [1.82, 2.24) is 10.0 Å². The molecule has 1 amide bonds. The number of rotatable bonds is 5. The molecular formula is C22H31N5O6S2. The van der Waals surface area contributed by atoms with Crippen LogP contribution < -0.4 is 10.0 Å². The molecule has 0 aromatic heterocycles. The zero-order valence-electron chi connectivity index (χ0n) is 20.2. The fraction of sp³-hybridized carbons (Fsp3) is 0.591. The van der Waals surface area contributed by atoms with Crippen LogP contribution in [-0.4, -0.2) is 69.8 Å². The molecule has 13 heteroatoms. The third kappa shape index (κ3) is 5.36. The Kier molecular flexibility index (Phi) is 6.47. The minimum atomic E-state index is -4.29. The van der Waals surface area contributed by atoms with Crippen LogP contribution in [0.3, 0.4) is 0 Å². The van der Waals surface area contributed by atoms with E-state index in [0.29, 0.717) is 25.9 Å². The van der Waals surface area contributed by atoms with Gasteiger partial charge in [0.2, 0.25) is 10.0 Å². The Labute approximate surface area is 206 Å². The Morgan fingerprint density at radius 1 is 1.20 bits per heavy atom. The summed E-state index contributed by atoms with van der Waals surface area (Å²) in [6.45, 7) is 7.22. The Balaban J connectivity index is 1.69. The molecule has 2 N–H and O–H groups in total. The smallest absolute Gasteiger partial charge is 0.286 e. The van der Waals surface area contributed by atoms with Gasteiger partial charge in [0.1, 0.15) is 10.7 Å². The molecule has 4 rings (SSSR count). The number of sulfonamides is 2. The highest BCUT2D eigenvalue weighted by molar-refractivity contribution is 7.92. The van der Waals surface area contributed by atoms with E-state index in [2.05, 4.69) is 35.2 Å². The Bertz CT molecular complexity index is 1300. The predicted molar refractivity (Wildman–Crippen MR) is 132 cm³/mol. The fourth-order valence-electron chi connectivity index (χ4n) is 4.60. The van der Waals surface area contributed by atoms with Crippen molar-refractivity contribution in [3.8, 4) is 0 Å². The molecule has 2 atom stereocenters. The summed E-state index contributed by atoms with van der Waals surface area (Å²) in [5, 5.41) is 6.31. The van der Waals surface area contributed by atoms with E-state index in [1.165, 1.54) is 12.1 Å². The highest BCUT2D eigenvalue weighted by Gasteiger charge is 2.50. The quantitative estimate of drug-likeness (QED) is 0.554. The van der Waals surface area contributed by atoms with E-state index >= 15 is 0 Å². The normalized spacial score (nSPS) is 24.8. The number of nitrogens with one attached hydrogen (secondary N) is 2. The van der Waals surface area contributed by atoms with Gasteiger partial charge in [-0.25, -0.2) is 13.4 Å². The third-order valence-electron chi connectivity index (χ3n) is 6.29. The number of piperidine rings is 1. The first-order valence-electron chi connectivity index (χ1n) is 11.5. The van der Waals surface area contributed by atoms with Crippen molar-refractivity contribution >= 4 is 48.9 Å². The number of amidine groups is 1. The molecule has 3 heterocycles. The van der Waals surface area contributed by atoms with Crippen molar-refractivity contribution < 1.29 is 26.4 Å². The maximum absolute atomic E-state index is 13.6. The number of anilines is 2. The lowest BCUT2D eigenvalue weighted by molar-refractivity contribution is -0.176. The van der Waals surface area contributed by atoms with Gasteiger partial charge >= 0.3 is 0 Å². The van der Waals surface area contributed by atoms with E-state index < -0.39 is 37.9 Å². The van der Waals surface area contributed by atoms with Gasteiger partial charge in [0.05, 0.1) is 18.0 Å². The summed E-state index contributed by atoms with van der Waals surface area (Å²) in [5.74, 6) is -2.42. The summed E-state index contributed by atoms with van der Waals surface area (Å²) < 4.78 is 55.2. The zero-order chi connectivity index (χ0) is 25.8. The second kappa shape index (κ2) is 8.86. The van der Waals surface area contributed by atoms with E-state index in [-0.39, 0.29) is 33.3 Å². The molecule has 1 aromatic rings. The molecule has 3 aliphatic rings. The highest BCUT2D eigenvalue weighted by Crippen LogP contribution is 2.35. The molecule has 35 heavy (non-hydrogen) atoms. The lowest BCUT2D eigenvalue weighted by Gasteiger charge is -2.48. The Morgan fingerprint density at radius 2 is 1.91 bits per heavy atom. The molecule has 11 nitrogen and oxygen atoms in total. The van der Waals surface area contributed by atoms with Crippen molar-refractivity contribution in [1.29, 1.82) is 0 Å². The van der Waals surface area contributed by atoms with E-state index in [1.54, 1.807) is 5.01 Å². The van der Waals surface area contributed by atoms with Gasteiger partial charge in [0.15, 0.2) is 11.7 Å². The second-order valence-electron chi connectivity index (χ2n) is 10.4. The SMILES string of the molecule is CC(C)(C)CCN1C(=O)C(C2=NS(=O)(=O)c3cc(NS(C)(=O)=O)ccc3N2)C(=O)C2CCCCN21. The molecule has 0 spiro atoms. The van der Waals surface area contributed by atoms with Gasteiger partial charge in [-0.15, -0.1) is 4.40 Å². The largest absolute Gasteiger partial charge is 0.341 e. The molecular weight excluding hydrogens is 494 g/mol. The first kappa shape index (κ1) is 25.6. The number of hydrogen-bond donors (Lipinski definition) is 2. The van der Waals surface area contributed by atoms with Gasteiger partial charge < -0.3 is 5.32 Å². The van der Waals surface area contributed by atoms with Crippen LogP contribution in [0.5, 0.6) is 0 Å². The number of benzene rings is 1. The molecule has 192 valence electrons. The number of amides is 1. The number of fused-ring (bicyclic) bond motifs is 2. The highest BCUT2D eigenvalue weighted by atomic mass is 32.2. The molecule has 0 bridgehead atoms. The standard InChI is InChI=1S/C22H31N5O6S2/c1-22(2,3)10-12-27-21(29)18(19(28)16-7-5-6-11-26(16)27)20-23-15-9-8-14(24-34(4,30)31)13-17(15)35(32,33)25-20/h8-9,13,16,18,24H,5-7,10-12H2,1-4H3,(H,23,25). The van der Waals surface area contributed by atoms with Crippen molar-refractivity contribution in [3.63, 3.8) is 0 Å². The number of hydrazine groups is 1. The molecule has 0 radical (unpaired) electrons. The number of hydrogen-bond acceptors (Lipinski definition) is 8. The molecule has 0 aliphatic carbocycles. The van der Waals surface area contributed by atoms with Crippen LogP contribution >= 0.6 is 0 Å². The summed E-state index contributed by atoms with van der Waals surface area (Å²) in [6, 6.07) is 3.43. The van der Waals surface area contributed by atoms with E-state index in [1.807, 2.05) is 5.01 Å². The molecule has 1 aromatic carbocycles. The first-order chi connectivity index (χ1) is 16.2. The van der Waals surface area contributed by atoms with Gasteiger partial charge in [-0.2, -0.15) is 8.42 Å². The predicted octanol–water partition coefficient (Wildman–Crippen LogP) is 1.80. The summed E-state index contributed by atoms with van der Waals surface area (Å²) >= 11 is 0. The maximum atomic E-state index is 13.6. The van der Waals surface area contributed by atoms with Gasteiger partial charge in [0, 0.05) is 18.8 Å². The maximum Gasteiger partial charge on any atom is 0.286 e. The topological polar surface area (TPSA) is 145 Å². The Hall–Kier alpha value is -2.51. The molecule has 2 unspecified atom stereocenters. The van der Waals surface area contributed by atoms with Gasteiger partial charge in [0.25, 0.3) is 15.9 Å². The van der Waals surface area contributed by atoms with Crippen molar-refractivity contribution in [2.75, 3.05) is 29.4 Å². The van der Waals surface area contributed by atoms with Crippen LogP contribution in [0.4, 0.5) is 11.4 Å². The number of carbonyl (C=O) groups is 2.